The van der Waals surface area contributed by atoms with Crippen molar-refractivity contribution >= 4 is 17.5 Å². The highest BCUT2D eigenvalue weighted by Gasteiger charge is 2.61. The van der Waals surface area contributed by atoms with Gasteiger partial charge in [-0.15, -0.1) is 0 Å². The smallest absolute Gasteiger partial charge is 0.260 e. The molecule has 0 saturated carbocycles. The number of hydrogen-bond acceptors (Lipinski definition) is 5. The predicted molar refractivity (Wildman–Crippen MR) is 199 cm³/mol. The number of ketones is 2. The molecule has 0 aromatic carbocycles. The predicted octanol–water partition coefficient (Wildman–Crippen LogP) is 5.21. The van der Waals surface area contributed by atoms with Crippen molar-refractivity contribution in [2.24, 2.45) is 5.73 Å². The summed E-state index contributed by atoms with van der Waals surface area (Å²) in [5.41, 5.74) is 0.103. The Labute approximate surface area is 303 Å². The van der Waals surface area contributed by atoms with E-state index in [1.165, 1.54) is 127 Å². The van der Waals surface area contributed by atoms with Gasteiger partial charge in [0.1, 0.15) is 0 Å². The first-order valence-electron chi connectivity index (χ1n) is 20.0. The highest BCUT2D eigenvalue weighted by molar-refractivity contribution is 6.15. The zero-order chi connectivity index (χ0) is 35.8. The Balaban J connectivity index is -0.00000381. The molecular weight excluding hydrogens is 624 g/mol. The summed E-state index contributed by atoms with van der Waals surface area (Å²) in [6.07, 6.45) is 29.9. The summed E-state index contributed by atoms with van der Waals surface area (Å²) < 4.78 is 0. The molecule has 48 heavy (non-hydrogen) atoms. The van der Waals surface area contributed by atoms with Crippen LogP contribution in [0.3, 0.4) is 0 Å². The van der Waals surface area contributed by atoms with Crippen LogP contribution in [0.5, 0.6) is 0 Å². The van der Waals surface area contributed by atoms with E-state index in [2.05, 4.69) is 35.0 Å². The van der Waals surface area contributed by atoms with E-state index in [1.54, 1.807) is 0 Å². The summed E-state index contributed by atoms with van der Waals surface area (Å²) >= 11 is 0. The first-order chi connectivity index (χ1) is 22.4. The number of halogens is 1. The van der Waals surface area contributed by atoms with Crippen LogP contribution < -0.4 is 23.0 Å². The monoisotopic (exact) mass is 705 g/mol. The van der Waals surface area contributed by atoms with Crippen LogP contribution in [0.1, 0.15) is 207 Å². The zero-order valence-corrected chi connectivity index (χ0v) is 33.3. The topological polar surface area (TPSA) is 122 Å². The third-order valence-corrected chi connectivity index (χ3v) is 9.35. The molecule has 0 aliphatic rings. The number of nitrogens with two attached hydrogens (primary N) is 1. The molecule has 0 aliphatic carbocycles. The summed E-state index contributed by atoms with van der Waals surface area (Å²) in [5, 5.41) is 22.4. The van der Waals surface area contributed by atoms with Gasteiger partial charge in [0, 0.05) is 12.8 Å². The number of carbonyl (C=O) groups excluding carboxylic acids is 3. The van der Waals surface area contributed by atoms with E-state index in [-0.39, 0.29) is 31.7 Å². The number of unbranched alkanes of at least 4 members (excludes halogenated alkanes) is 24. The Hall–Kier alpha value is -1.02. The van der Waals surface area contributed by atoms with E-state index in [4.69, 9.17) is 5.73 Å². The Morgan fingerprint density at radius 2 is 0.708 bits per heavy atom. The van der Waals surface area contributed by atoms with E-state index in [0.717, 1.165) is 38.5 Å². The number of quaternary nitrogens is 1. The number of nitrogens with one attached hydrogen (secondary N) is 1. The third-order valence-electron chi connectivity index (χ3n) is 9.35. The van der Waals surface area contributed by atoms with Gasteiger partial charge in [-0.25, -0.2) is 0 Å². The second-order valence-corrected chi connectivity index (χ2v) is 14.6. The van der Waals surface area contributed by atoms with Crippen LogP contribution in [-0.2, 0) is 14.4 Å². The van der Waals surface area contributed by atoms with Crippen molar-refractivity contribution < 1.29 is 41.9 Å². The Kier molecular flexibility index (Phi) is 36.8. The van der Waals surface area contributed by atoms with E-state index < -0.39 is 28.7 Å². The van der Waals surface area contributed by atoms with E-state index in [0.29, 0.717) is 12.8 Å². The summed E-state index contributed by atoms with van der Waals surface area (Å²) in [6, 6.07) is 0. The molecule has 1 amide bonds. The molecule has 2 unspecified atom stereocenters. The van der Waals surface area contributed by atoms with Gasteiger partial charge >= 0.3 is 0 Å². The first kappa shape index (κ1) is 51.4. The van der Waals surface area contributed by atoms with Crippen molar-refractivity contribution in [2.75, 3.05) is 21.1 Å². The second kappa shape index (κ2) is 34.4. The van der Waals surface area contributed by atoms with Gasteiger partial charge in [-0.2, -0.15) is 0 Å². The average molecular weight is 706 g/mol. The molecular formula is C40H81ClN2O5. The molecule has 0 bridgehead atoms. The Morgan fingerprint density at radius 1 is 0.479 bits per heavy atom. The average Bonchev–Trinajstić information content (AvgIpc) is 3.03. The molecule has 0 spiro atoms. The lowest BCUT2D eigenvalue weighted by Crippen LogP contribution is -3.02. The number of carbonyl (C=O) groups is 3. The first-order valence-corrected chi connectivity index (χ1v) is 20.0. The van der Waals surface area contributed by atoms with Crippen LogP contribution in [-0.4, -0.2) is 60.0 Å². The maximum Gasteiger partial charge on any atom is 0.260 e. The van der Waals surface area contributed by atoms with Gasteiger partial charge in [0.05, 0.1) is 21.1 Å². The molecule has 2 atom stereocenters. The van der Waals surface area contributed by atoms with Crippen molar-refractivity contribution in [3.8, 4) is 0 Å². The molecule has 7 nitrogen and oxygen atoms in total. The standard InChI is InChI=1S/C37H71NO5.C3H9N.ClH/c1-4-7-9-11-13-15-17-19-21-23-25-27-29-31-33(39)36(42,6-3)37(43,35(38)41)34(40)32-30-28-26-24-22-20-18-16-14-12-10-8-5-2;1-4(2)3;/h42-43H,4-32H2,1-3H3,(H2,38,41);1-3H3;1H. The molecule has 288 valence electrons. The lowest BCUT2D eigenvalue weighted by atomic mass is 9.72. The number of rotatable bonds is 33. The SMILES string of the molecule is CCCCCCCCCCCCCCCC(=O)C(O)(CC)C(O)(C(N)=O)C(=O)CCCCCCCCCCCCCCC.C[NH+](C)C.[Cl-]. The number of hydrogen-bond donors (Lipinski definition) is 4. The van der Waals surface area contributed by atoms with Crippen LogP contribution >= 0.6 is 0 Å². The molecule has 8 heteroatoms. The van der Waals surface area contributed by atoms with Crippen LogP contribution in [0.2, 0.25) is 0 Å². The third kappa shape index (κ3) is 25.0. The van der Waals surface area contributed by atoms with Crippen LogP contribution in [0.4, 0.5) is 0 Å². The van der Waals surface area contributed by atoms with Crippen molar-refractivity contribution in [3.63, 3.8) is 0 Å². The fourth-order valence-electron chi connectivity index (χ4n) is 6.22. The lowest BCUT2D eigenvalue weighted by Gasteiger charge is -2.38. The summed E-state index contributed by atoms with van der Waals surface area (Å²) in [7, 11) is 6.25. The number of primary amides is 1. The normalized spacial score (nSPS) is 13.6. The van der Waals surface area contributed by atoms with E-state index in [9.17, 15) is 24.6 Å². The molecule has 0 heterocycles. The number of Topliss-reactive ketones (excluding diaryl/α,β-unsaturated/α-hetero) is 2. The Morgan fingerprint density at radius 3 is 0.938 bits per heavy atom. The molecule has 0 aromatic heterocycles. The fourth-order valence-corrected chi connectivity index (χ4v) is 6.22. The lowest BCUT2D eigenvalue weighted by molar-refractivity contribution is -0.836. The van der Waals surface area contributed by atoms with Crippen LogP contribution in [0.25, 0.3) is 0 Å². The van der Waals surface area contributed by atoms with Crippen molar-refractivity contribution in [2.45, 2.75) is 218 Å². The molecule has 0 radical (unpaired) electrons. The van der Waals surface area contributed by atoms with Gasteiger partial charge in [-0.3, -0.25) is 14.4 Å². The quantitative estimate of drug-likeness (QED) is 0.0552. The van der Waals surface area contributed by atoms with Gasteiger partial charge in [0.15, 0.2) is 17.2 Å². The number of amides is 1. The van der Waals surface area contributed by atoms with Gasteiger partial charge < -0.3 is 33.3 Å². The maximum absolute atomic E-state index is 13.1. The molecule has 0 aromatic rings. The largest absolute Gasteiger partial charge is 1.00 e. The summed E-state index contributed by atoms with van der Waals surface area (Å²) in [5.74, 6) is -2.85. The highest BCUT2D eigenvalue weighted by Crippen LogP contribution is 2.32. The van der Waals surface area contributed by atoms with Gasteiger partial charge in [-0.05, 0) is 19.3 Å². The molecule has 0 fully saturated rings. The summed E-state index contributed by atoms with van der Waals surface area (Å²) in [6.45, 7) is 5.99. The van der Waals surface area contributed by atoms with Gasteiger partial charge in [0.2, 0.25) is 5.60 Å². The van der Waals surface area contributed by atoms with E-state index >= 15 is 0 Å². The van der Waals surface area contributed by atoms with Gasteiger partial charge in [0.25, 0.3) is 5.91 Å². The fraction of sp³-hybridized carbons (Fsp3) is 0.925. The van der Waals surface area contributed by atoms with Gasteiger partial charge in [-0.1, -0.05) is 175 Å². The van der Waals surface area contributed by atoms with Crippen molar-refractivity contribution in [1.29, 1.82) is 0 Å². The van der Waals surface area contributed by atoms with Crippen LogP contribution in [0.15, 0.2) is 0 Å². The highest BCUT2D eigenvalue weighted by atomic mass is 35.5. The van der Waals surface area contributed by atoms with E-state index in [1.807, 2.05) is 0 Å². The van der Waals surface area contributed by atoms with Crippen LogP contribution in [0, 0.1) is 0 Å². The summed E-state index contributed by atoms with van der Waals surface area (Å²) in [4.78, 5) is 39.9. The Bertz CT molecular complexity index is 763. The minimum Gasteiger partial charge on any atom is -1.00 e. The molecule has 0 aliphatic heterocycles. The molecule has 0 saturated heterocycles. The molecule has 0 rings (SSSR count). The number of aliphatic hydroxyl groups is 2. The van der Waals surface area contributed by atoms with Crippen molar-refractivity contribution in [1.82, 2.24) is 0 Å². The minimum atomic E-state index is -2.88. The van der Waals surface area contributed by atoms with Crippen molar-refractivity contribution in [3.05, 3.63) is 0 Å². The second-order valence-electron chi connectivity index (χ2n) is 14.6. The molecule has 5 N–H and O–H groups in total. The zero-order valence-electron chi connectivity index (χ0n) is 32.6. The minimum absolute atomic E-state index is 0. The maximum atomic E-state index is 13.1.